The van der Waals surface area contributed by atoms with Gasteiger partial charge < -0.3 is 5.32 Å². The highest BCUT2D eigenvalue weighted by atomic mass is 19.1. The van der Waals surface area contributed by atoms with Crippen molar-refractivity contribution < 1.29 is 9.18 Å². The highest BCUT2D eigenvalue weighted by Gasteiger charge is 2.19. The number of carbonyl (C=O) groups is 1. The molecular weight excluding hydrogens is 241 g/mol. The van der Waals surface area contributed by atoms with Crippen molar-refractivity contribution in [2.45, 2.75) is 39.5 Å². The van der Waals surface area contributed by atoms with Gasteiger partial charge in [0.2, 0.25) is 0 Å². The van der Waals surface area contributed by atoms with Gasteiger partial charge in [-0.05, 0) is 43.7 Å². The second-order valence-corrected chi connectivity index (χ2v) is 5.82. The van der Waals surface area contributed by atoms with Crippen molar-refractivity contribution in [2.24, 2.45) is 11.8 Å². The Morgan fingerprint density at radius 2 is 2.00 bits per heavy atom. The Bertz CT molecular complexity index is 450. The van der Waals surface area contributed by atoms with Crippen LogP contribution in [0.3, 0.4) is 0 Å². The minimum absolute atomic E-state index is 0.157. The molecule has 1 N–H and O–H groups in total. The molecule has 1 amide bonds. The third kappa shape index (κ3) is 3.79. The molecule has 1 aliphatic carbocycles. The van der Waals surface area contributed by atoms with Gasteiger partial charge in [0.05, 0.1) is 5.56 Å². The molecule has 1 aromatic carbocycles. The molecule has 0 unspecified atom stereocenters. The number of amides is 1. The zero-order valence-electron chi connectivity index (χ0n) is 11.7. The van der Waals surface area contributed by atoms with Crippen molar-refractivity contribution in [1.82, 2.24) is 5.32 Å². The van der Waals surface area contributed by atoms with E-state index in [4.69, 9.17) is 0 Å². The smallest absolute Gasteiger partial charge is 0.254 e. The average molecular weight is 263 g/mol. The second-order valence-electron chi connectivity index (χ2n) is 5.82. The summed E-state index contributed by atoms with van der Waals surface area (Å²) in [6, 6.07) is 4.63. The summed E-state index contributed by atoms with van der Waals surface area (Å²) >= 11 is 0. The fourth-order valence-corrected chi connectivity index (χ4v) is 2.68. The van der Waals surface area contributed by atoms with Crippen molar-refractivity contribution in [3.63, 3.8) is 0 Å². The number of nitrogens with one attached hydrogen (secondary N) is 1. The van der Waals surface area contributed by atoms with Gasteiger partial charge in [0.1, 0.15) is 5.82 Å². The van der Waals surface area contributed by atoms with Gasteiger partial charge in [-0.15, -0.1) is 0 Å². The number of carbonyl (C=O) groups excluding carboxylic acids is 1. The van der Waals surface area contributed by atoms with E-state index >= 15 is 0 Å². The molecule has 104 valence electrons. The summed E-state index contributed by atoms with van der Waals surface area (Å²) in [6.07, 6.45) is 4.80. The molecule has 0 bridgehead atoms. The zero-order valence-corrected chi connectivity index (χ0v) is 11.7. The average Bonchev–Trinajstić information content (AvgIpc) is 2.40. The van der Waals surface area contributed by atoms with Gasteiger partial charge in [-0.25, -0.2) is 4.39 Å². The summed E-state index contributed by atoms with van der Waals surface area (Å²) in [5.74, 6) is 0.620. The van der Waals surface area contributed by atoms with Crippen molar-refractivity contribution in [3.05, 3.63) is 35.1 Å². The Hall–Kier alpha value is -1.38. The maximum atomic E-state index is 13.6. The Kier molecular flexibility index (Phi) is 4.56. The first-order valence-electron chi connectivity index (χ1n) is 7.10. The minimum Gasteiger partial charge on any atom is -0.352 e. The lowest BCUT2D eigenvalue weighted by Crippen LogP contribution is -2.31. The standard InChI is InChI=1S/C16H22FNO/c1-11-3-6-13(7-4-11)10-18-16(19)14-9-12(2)5-8-15(14)17/h5,8-9,11,13H,3-4,6-7,10H2,1-2H3,(H,18,19). The molecular formula is C16H22FNO. The number of aryl methyl sites for hydroxylation is 1. The highest BCUT2D eigenvalue weighted by molar-refractivity contribution is 5.94. The SMILES string of the molecule is Cc1ccc(F)c(C(=O)NCC2CCC(C)CC2)c1. The number of halogens is 1. The number of rotatable bonds is 3. The minimum atomic E-state index is -0.444. The molecule has 19 heavy (non-hydrogen) atoms. The molecule has 0 saturated heterocycles. The van der Waals surface area contributed by atoms with Crippen molar-refractivity contribution in [3.8, 4) is 0 Å². The van der Waals surface area contributed by atoms with Crippen LogP contribution in [0.15, 0.2) is 18.2 Å². The van der Waals surface area contributed by atoms with Gasteiger partial charge in [0.25, 0.3) is 5.91 Å². The molecule has 0 aliphatic heterocycles. The summed E-state index contributed by atoms with van der Waals surface area (Å²) in [5, 5.41) is 2.87. The van der Waals surface area contributed by atoms with Crippen LogP contribution < -0.4 is 5.32 Å². The molecule has 0 spiro atoms. The molecule has 1 saturated carbocycles. The van der Waals surface area contributed by atoms with E-state index in [1.165, 1.54) is 18.9 Å². The molecule has 0 atom stereocenters. The highest BCUT2D eigenvalue weighted by Crippen LogP contribution is 2.27. The van der Waals surface area contributed by atoms with Gasteiger partial charge in [-0.3, -0.25) is 4.79 Å². The summed E-state index contributed by atoms with van der Waals surface area (Å²) in [6.45, 7) is 4.80. The lowest BCUT2D eigenvalue weighted by atomic mass is 9.83. The van der Waals surface area contributed by atoms with Gasteiger partial charge in [0.15, 0.2) is 0 Å². The second kappa shape index (κ2) is 6.18. The van der Waals surface area contributed by atoms with E-state index in [9.17, 15) is 9.18 Å². The Morgan fingerprint density at radius 3 is 2.68 bits per heavy atom. The monoisotopic (exact) mass is 263 g/mol. The molecule has 0 aromatic heterocycles. The van der Waals surface area contributed by atoms with E-state index in [0.29, 0.717) is 12.5 Å². The van der Waals surface area contributed by atoms with Crippen LogP contribution in [0.2, 0.25) is 0 Å². The Labute approximate surface area is 114 Å². The number of hydrogen-bond acceptors (Lipinski definition) is 1. The van der Waals surface area contributed by atoms with Crippen LogP contribution >= 0.6 is 0 Å². The van der Waals surface area contributed by atoms with E-state index in [1.54, 1.807) is 12.1 Å². The number of benzene rings is 1. The van der Waals surface area contributed by atoms with Crippen molar-refractivity contribution in [2.75, 3.05) is 6.54 Å². The first kappa shape index (κ1) is 14.0. The maximum Gasteiger partial charge on any atom is 0.254 e. The lowest BCUT2D eigenvalue weighted by molar-refractivity contribution is 0.0937. The summed E-state index contributed by atoms with van der Waals surface area (Å²) in [7, 11) is 0. The van der Waals surface area contributed by atoms with Crippen molar-refractivity contribution in [1.29, 1.82) is 0 Å². The fraction of sp³-hybridized carbons (Fsp3) is 0.562. The normalized spacial score (nSPS) is 23.1. The van der Waals surface area contributed by atoms with Gasteiger partial charge in [-0.1, -0.05) is 31.4 Å². The Balaban J connectivity index is 1.89. The molecule has 1 aromatic rings. The van der Waals surface area contributed by atoms with Crippen LogP contribution in [0, 0.1) is 24.6 Å². The fourth-order valence-electron chi connectivity index (χ4n) is 2.68. The predicted molar refractivity (Wildman–Crippen MR) is 74.6 cm³/mol. The van der Waals surface area contributed by atoms with E-state index in [2.05, 4.69) is 12.2 Å². The van der Waals surface area contributed by atoms with E-state index in [1.807, 2.05) is 6.92 Å². The summed E-state index contributed by atoms with van der Waals surface area (Å²) < 4.78 is 13.6. The molecule has 1 fully saturated rings. The first-order chi connectivity index (χ1) is 9.06. The third-order valence-electron chi connectivity index (χ3n) is 4.05. The molecule has 0 heterocycles. The van der Waals surface area contributed by atoms with Crippen LogP contribution in [-0.2, 0) is 0 Å². The van der Waals surface area contributed by atoms with E-state index in [0.717, 1.165) is 24.3 Å². The topological polar surface area (TPSA) is 29.1 Å². The molecule has 2 rings (SSSR count). The van der Waals surface area contributed by atoms with Gasteiger partial charge in [-0.2, -0.15) is 0 Å². The molecule has 3 heteroatoms. The van der Waals surface area contributed by atoms with Gasteiger partial charge in [0, 0.05) is 6.54 Å². The van der Waals surface area contributed by atoms with Crippen LogP contribution in [0.4, 0.5) is 4.39 Å². The van der Waals surface area contributed by atoms with Crippen LogP contribution in [0.1, 0.15) is 48.5 Å². The molecule has 1 aliphatic rings. The van der Waals surface area contributed by atoms with Crippen LogP contribution in [0.5, 0.6) is 0 Å². The maximum absolute atomic E-state index is 13.6. The molecule has 0 radical (unpaired) electrons. The quantitative estimate of drug-likeness (QED) is 0.885. The summed E-state index contributed by atoms with van der Waals surface area (Å²) in [5.41, 5.74) is 1.06. The zero-order chi connectivity index (χ0) is 13.8. The first-order valence-corrected chi connectivity index (χ1v) is 7.10. The summed E-state index contributed by atoms with van der Waals surface area (Å²) in [4.78, 5) is 12.0. The predicted octanol–water partition coefficient (Wildman–Crippen LogP) is 3.69. The van der Waals surface area contributed by atoms with E-state index in [-0.39, 0.29) is 11.5 Å². The third-order valence-corrected chi connectivity index (χ3v) is 4.05. The van der Waals surface area contributed by atoms with Crippen LogP contribution in [0.25, 0.3) is 0 Å². The van der Waals surface area contributed by atoms with Crippen LogP contribution in [-0.4, -0.2) is 12.5 Å². The molecule has 2 nitrogen and oxygen atoms in total. The van der Waals surface area contributed by atoms with E-state index < -0.39 is 5.82 Å². The van der Waals surface area contributed by atoms with Crippen molar-refractivity contribution >= 4 is 5.91 Å². The van der Waals surface area contributed by atoms with Gasteiger partial charge >= 0.3 is 0 Å². The number of hydrogen-bond donors (Lipinski definition) is 1. The largest absolute Gasteiger partial charge is 0.352 e. The Morgan fingerprint density at radius 1 is 1.32 bits per heavy atom. The lowest BCUT2D eigenvalue weighted by Gasteiger charge is -2.26.